The zero-order chi connectivity index (χ0) is 14.1. The quantitative estimate of drug-likeness (QED) is 0.887. The Hall–Kier alpha value is -2.94. The Morgan fingerprint density at radius 2 is 2.15 bits per heavy atom. The number of aromatic nitrogens is 2. The van der Waals surface area contributed by atoms with Crippen LogP contribution in [0.4, 0.5) is 5.82 Å². The van der Waals surface area contributed by atoms with Crippen LogP contribution >= 0.6 is 0 Å². The van der Waals surface area contributed by atoms with Crippen LogP contribution in [0.5, 0.6) is 0 Å². The molecule has 1 aliphatic heterocycles. The van der Waals surface area contributed by atoms with Crippen molar-refractivity contribution in [1.29, 1.82) is 5.26 Å². The van der Waals surface area contributed by atoms with Gasteiger partial charge in [-0.15, -0.1) is 0 Å². The number of carboxylic acid groups (broad SMARTS) is 1. The fourth-order valence-electron chi connectivity index (χ4n) is 2.28. The van der Waals surface area contributed by atoms with E-state index in [0.717, 1.165) is 11.1 Å². The number of carbonyl (C=O) groups is 1. The van der Waals surface area contributed by atoms with Gasteiger partial charge >= 0.3 is 5.97 Å². The van der Waals surface area contributed by atoms with Crippen molar-refractivity contribution in [3.8, 4) is 6.07 Å². The van der Waals surface area contributed by atoms with E-state index in [9.17, 15) is 4.79 Å². The highest BCUT2D eigenvalue weighted by atomic mass is 16.4. The molecule has 0 fully saturated rings. The highest BCUT2D eigenvalue weighted by molar-refractivity contribution is 5.84. The largest absolute Gasteiger partial charge is 0.476 e. The van der Waals surface area contributed by atoms with E-state index in [1.54, 1.807) is 6.07 Å². The summed E-state index contributed by atoms with van der Waals surface area (Å²) >= 11 is 0. The molecule has 0 amide bonds. The van der Waals surface area contributed by atoms with Crippen LogP contribution in [0.15, 0.2) is 30.6 Å². The standard InChI is InChI=1S/C14H10N4O2/c15-4-9-2-1-3-10-7-18(8-11(9)10)13-6-16-12(5-17-13)14(19)20/h1-3,5-6H,7-8H2,(H,19,20). The van der Waals surface area contributed by atoms with E-state index in [4.69, 9.17) is 10.4 Å². The smallest absolute Gasteiger partial charge is 0.356 e. The minimum atomic E-state index is -1.10. The molecule has 2 aromatic rings. The average Bonchev–Trinajstić information content (AvgIpc) is 2.91. The topological polar surface area (TPSA) is 90.1 Å². The van der Waals surface area contributed by atoms with Gasteiger partial charge in [-0.3, -0.25) is 0 Å². The van der Waals surface area contributed by atoms with Gasteiger partial charge in [0.15, 0.2) is 5.69 Å². The summed E-state index contributed by atoms with van der Waals surface area (Å²) < 4.78 is 0. The van der Waals surface area contributed by atoms with Gasteiger partial charge in [-0.25, -0.2) is 14.8 Å². The second-order valence-electron chi connectivity index (χ2n) is 4.48. The van der Waals surface area contributed by atoms with E-state index in [0.29, 0.717) is 24.5 Å². The van der Waals surface area contributed by atoms with E-state index in [-0.39, 0.29) is 5.69 Å². The highest BCUT2D eigenvalue weighted by Crippen LogP contribution is 2.28. The minimum Gasteiger partial charge on any atom is -0.476 e. The number of benzene rings is 1. The van der Waals surface area contributed by atoms with Crippen LogP contribution < -0.4 is 4.90 Å². The molecule has 6 heteroatoms. The van der Waals surface area contributed by atoms with E-state index >= 15 is 0 Å². The third kappa shape index (κ3) is 1.95. The number of hydrogen-bond acceptors (Lipinski definition) is 5. The molecular formula is C14H10N4O2. The number of hydrogen-bond donors (Lipinski definition) is 1. The molecular weight excluding hydrogens is 256 g/mol. The molecule has 1 aliphatic rings. The average molecular weight is 266 g/mol. The van der Waals surface area contributed by atoms with Crippen molar-refractivity contribution in [2.75, 3.05) is 4.90 Å². The molecule has 6 nitrogen and oxygen atoms in total. The van der Waals surface area contributed by atoms with Crippen LogP contribution in [-0.2, 0) is 13.1 Å². The van der Waals surface area contributed by atoms with Crippen molar-refractivity contribution in [3.63, 3.8) is 0 Å². The zero-order valence-electron chi connectivity index (χ0n) is 10.4. The van der Waals surface area contributed by atoms with Crippen molar-refractivity contribution in [3.05, 3.63) is 53.0 Å². The minimum absolute atomic E-state index is 0.0804. The molecule has 0 radical (unpaired) electrons. The molecule has 1 N–H and O–H groups in total. The van der Waals surface area contributed by atoms with E-state index < -0.39 is 5.97 Å². The lowest BCUT2D eigenvalue weighted by molar-refractivity contribution is 0.0690. The number of fused-ring (bicyclic) bond motifs is 1. The molecule has 0 unspecified atom stereocenters. The van der Waals surface area contributed by atoms with Crippen LogP contribution in [0, 0.1) is 11.3 Å². The SMILES string of the molecule is N#Cc1cccc2c1CN(c1cnc(C(=O)O)cn1)C2. The first-order valence-corrected chi connectivity index (χ1v) is 6.00. The molecule has 20 heavy (non-hydrogen) atoms. The third-order valence-corrected chi connectivity index (χ3v) is 3.28. The van der Waals surface area contributed by atoms with Gasteiger partial charge in [0.2, 0.25) is 0 Å². The molecule has 1 aromatic carbocycles. The summed E-state index contributed by atoms with van der Waals surface area (Å²) in [6.45, 7) is 1.23. The maximum absolute atomic E-state index is 10.7. The fourth-order valence-corrected chi connectivity index (χ4v) is 2.28. The maximum atomic E-state index is 10.7. The molecule has 0 saturated carbocycles. The lowest BCUT2D eigenvalue weighted by atomic mass is 10.1. The number of rotatable bonds is 2. The van der Waals surface area contributed by atoms with Crippen LogP contribution in [0.2, 0.25) is 0 Å². The first-order valence-electron chi connectivity index (χ1n) is 6.00. The first-order chi connectivity index (χ1) is 9.69. The number of aromatic carboxylic acids is 1. The van der Waals surface area contributed by atoms with Gasteiger partial charge in [-0.05, 0) is 17.2 Å². The van der Waals surface area contributed by atoms with Gasteiger partial charge < -0.3 is 10.0 Å². The first kappa shape index (κ1) is 12.1. The van der Waals surface area contributed by atoms with Crippen LogP contribution in [0.1, 0.15) is 27.2 Å². The molecule has 0 bridgehead atoms. The van der Waals surface area contributed by atoms with Gasteiger partial charge in [0, 0.05) is 13.1 Å². The van der Waals surface area contributed by atoms with E-state index in [1.807, 2.05) is 17.0 Å². The van der Waals surface area contributed by atoms with E-state index in [1.165, 1.54) is 12.4 Å². The zero-order valence-corrected chi connectivity index (χ0v) is 10.4. The number of anilines is 1. The van der Waals surface area contributed by atoms with Crippen molar-refractivity contribution in [2.45, 2.75) is 13.1 Å². The van der Waals surface area contributed by atoms with Gasteiger partial charge in [0.25, 0.3) is 0 Å². The highest BCUT2D eigenvalue weighted by Gasteiger charge is 2.23. The molecule has 0 atom stereocenters. The Labute approximate surface area is 114 Å². The fraction of sp³-hybridized carbons (Fsp3) is 0.143. The summed E-state index contributed by atoms with van der Waals surface area (Å²) in [6, 6.07) is 7.82. The Bertz CT molecular complexity index is 719. The number of carboxylic acids is 1. The van der Waals surface area contributed by atoms with Crippen molar-refractivity contribution >= 4 is 11.8 Å². The monoisotopic (exact) mass is 266 g/mol. The molecule has 0 saturated heterocycles. The Morgan fingerprint density at radius 1 is 1.30 bits per heavy atom. The summed E-state index contributed by atoms with van der Waals surface area (Å²) in [5, 5.41) is 17.9. The number of nitrogens with zero attached hydrogens (tertiary/aromatic N) is 4. The lowest BCUT2D eigenvalue weighted by Gasteiger charge is -2.15. The predicted octanol–water partition coefficient (Wildman–Crippen LogP) is 1.57. The van der Waals surface area contributed by atoms with Crippen LogP contribution in [0.3, 0.4) is 0 Å². The second kappa shape index (κ2) is 4.63. The molecule has 3 rings (SSSR count). The van der Waals surface area contributed by atoms with Gasteiger partial charge in [0.05, 0.1) is 24.0 Å². The summed E-state index contributed by atoms with van der Waals surface area (Å²) in [6.07, 6.45) is 2.69. The molecule has 0 spiro atoms. The normalized spacial score (nSPS) is 12.8. The molecule has 2 heterocycles. The predicted molar refractivity (Wildman–Crippen MR) is 70.0 cm³/mol. The van der Waals surface area contributed by atoms with Crippen LogP contribution in [-0.4, -0.2) is 21.0 Å². The molecule has 98 valence electrons. The second-order valence-corrected chi connectivity index (χ2v) is 4.48. The summed E-state index contributed by atoms with van der Waals surface area (Å²) in [5.74, 6) is -0.490. The maximum Gasteiger partial charge on any atom is 0.356 e. The Morgan fingerprint density at radius 3 is 2.80 bits per heavy atom. The van der Waals surface area contributed by atoms with E-state index in [2.05, 4.69) is 16.0 Å². The molecule has 1 aromatic heterocycles. The number of nitriles is 1. The van der Waals surface area contributed by atoms with Crippen LogP contribution in [0.25, 0.3) is 0 Å². The summed E-state index contributed by atoms with van der Waals surface area (Å²) in [5.41, 5.74) is 2.68. The van der Waals surface area contributed by atoms with Crippen molar-refractivity contribution in [2.24, 2.45) is 0 Å². The third-order valence-electron chi connectivity index (χ3n) is 3.28. The van der Waals surface area contributed by atoms with Gasteiger partial charge in [-0.1, -0.05) is 12.1 Å². The Balaban J connectivity index is 1.88. The Kier molecular flexibility index (Phi) is 2.80. The summed E-state index contributed by atoms with van der Waals surface area (Å²) in [4.78, 5) is 20.7. The van der Waals surface area contributed by atoms with Gasteiger partial charge in [0.1, 0.15) is 5.82 Å². The van der Waals surface area contributed by atoms with Crippen molar-refractivity contribution in [1.82, 2.24) is 9.97 Å². The lowest BCUT2D eigenvalue weighted by Crippen LogP contribution is -2.17. The summed E-state index contributed by atoms with van der Waals surface area (Å²) in [7, 11) is 0. The molecule has 0 aliphatic carbocycles. The van der Waals surface area contributed by atoms with Crippen molar-refractivity contribution < 1.29 is 9.90 Å². The van der Waals surface area contributed by atoms with Gasteiger partial charge in [-0.2, -0.15) is 5.26 Å².